The maximum Gasteiger partial charge on any atom is 0.338 e. The first kappa shape index (κ1) is 17.4. The van der Waals surface area contributed by atoms with Gasteiger partial charge in [0.25, 0.3) is 0 Å². The van der Waals surface area contributed by atoms with E-state index in [1.165, 1.54) is 17.0 Å². The zero-order valence-electron chi connectivity index (χ0n) is 13.5. The number of alkyl halides is 1. The van der Waals surface area contributed by atoms with Gasteiger partial charge in [0, 0.05) is 17.5 Å². The van der Waals surface area contributed by atoms with Gasteiger partial charge in [-0.2, -0.15) is 0 Å². The van der Waals surface area contributed by atoms with Crippen molar-refractivity contribution in [3.63, 3.8) is 0 Å². The summed E-state index contributed by atoms with van der Waals surface area (Å²) in [6.07, 6.45) is 0.454. The second-order valence-electron chi connectivity index (χ2n) is 7.02. The summed E-state index contributed by atoms with van der Waals surface area (Å²) in [4.78, 5) is 24.8. The van der Waals surface area contributed by atoms with E-state index in [9.17, 15) is 14.0 Å². The number of likely N-dealkylation sites (tertiary alicyclic amines) is 1. The van der Waals surface area contributed by atoms with E-state index < -0.39 is 28.4 Å². The molecule has 1 aliphatic rings. The zero-order chi connectivity index (χ0) is 17.4. The molecule has 1 aromatic rings. The third kappa shape index (κ3) is 3.35. The Balaban J connectivity index is 2.37. The number of carboxylic acid groups (broad SMARTS) is 1. The van der Waals surface area contributed by atoms with Crippen LogP contribution in [0.25, 0.3) is 0 Å². The first-order valence-corrected chi connectivity index (χ1v) is 7.57. The summed E-state index contributed by atoms with van der Waals surface area (Å²) in [5, 5.41) is 8.99. The average molecular weight is 325 g/mol. The molecule has 0 spiro atoms. The second-order valence-corrected chi connectivity index (χ2v) is 7.02. The molecule has 23 heavy (non-hydrogen) atoms. The van der Waals surface area contributed by atoms with Gasteiger partial charge in [0.15, 0.2) is 5.67 Å². The van der Waals surface area contributed by atoms with Crippen molar-refractivity contribution in [1.29, 1.82) is 0 Å². The van der Waals surface area contributed by atoms with Gasteiger partial charge in [-0.15, -0.1) is 0 Å². The van der Waals surface area contributed by atoms with E-state index in [2.05, 4.69) is 0 Å². The van der Waals surface area contributed by atoms with Crippen LogP contribution in [0.3, 0.4) is 0 Å². The van der Waals surface area contributed by atoms with Gasteiger partial charge >= 0.3 is 5.97 Å². The van der Waals surface area contributed by atoms with E-state index in [-0.39, 0.29) is 24.4 Å². The van der Waals surface area contributed by atoms with E-state index in [0.29, 0.717) is 13.0 Å². The van der Waals surface area contributed by atoms with E-state index in [0.717, 1.165) is 6.07 Å². The summed E-state index contributed by atoms with van der Waals surface area (Å²) >= 11 is 0. The van der Waals surface area contributed by atoms with Gasteiger partial charge in [0.1, 0.15) is 5.82 Å². The van der Waals surface area contributed by atoms with Crippen molar-refractivity contribution < 1.29 is 23.5 Å². The van der Waals surface area contributed by atoms with Crippen LogP contribution in [0.4, 0.5) is 8.78 Å². The molecule has 1 aromatic carbocycles. The molecule has 0 radical (unpaired) electrons. The van der Waals surface area contributed by atoms with Crippen LogP contribution in [0.5, 0.6) is 0 Å². The highest BCUT2D eigenvalue weighted by Gasteiger charge is 2.43. The van der Waals surface area contributed by atoms with Crippen molar-refractivity contribution in [3.8, 4) is 0 Å². The largest absolute Gasteiger partial charge is 0.478 e. The van der Waals surface area contributed by atoms with Crippen molar-refractivity contribution in [2.45, 2.75) is 39.3 Å². The highest BCUT2D eigenvalue weighted by molar-refractivity contribution is 5.88. The first-order valence-electron chi connectivity index (χ1n) is 7.57. The minimum absolute atomic E-state index is 0.0565. The van der Waals surface area contributed by atoms with Crippen LogP contribution in [0.15, 0.2) is 18.2 Å². The Kier molecular flexibility index (Phi) is 4.46. The van der Waals surface area contributed by atoms with E-state index >= 15 is 4.39 Å². The Morgan fingerprint density at radius 1 is 1.30 bits per heavy atom. The molecule has 1 saturated heterocycles. The molecule has 0 aliphatic carbocycles. The molecule has 6 heteroatoms. The summed E-state index contributed by atoms with van der Waals surface area (Å²) in [5.74, 6) is -2.70. The minimum Gasteiger partial charge on any atom is -0.478 e. The summed E-state index contributed by atoms with van der Waals surface area (Å²) in [6, 6.07) is 3.69. The number of halogens is 2. The fourth-order valence-electron chi connectivity index (χ4n) is 2.92. The van der Waals surface area contributed by atoms with Gasteiger partial charge in [-0.3, -0.25) is 4.79 Å². The number of nitrogens with zero attached hydrogens (tertiary/aromatic N) is 1. The van der Waals surface area contributed by atoms with Crippen molar-refractivity contribution in [2.24, 2.45) is 5.41 Å². The van der Waals surface area contributed by atoms with Gasteiger partial charge in [0.05, 0.1) is 12.1 Å². The fraction of sp³-hybridized carbons (Fsp3) is 0.529. The quantitative estimate of drug-likeness (QED) is 0.907. The molecule has 2 rings (SSSR count). The molecule has 1 amide bonds. The number of hydrogen-bond donors (Lipinski definition) is 1. The minimum atomic E-state index is -2.07. The summed E-state index contributed by atoms with van der Waals surface area (Å²) in [7, 11) is 0. The number of rotatable bonds is 2. The number of carboxylic acids is 1. The SMILES string of the molecule is CC(C)(C)C(=O)N1CCC[C@@](F)(c2cccc(C(=O)O)c2F)C1. The Morgan fingerprint density at radius 2 is 1.96 bits per heavy atom. The normalized spacial score (nSPS) is 22.0. The third-order valence-corrected chi connectivity index (χ3v) is 4.08. The number of carbonyl (C=O) groups excluding carboxylic acids is 1. The Hall–Kier alpha value is -1.98. The van der Waals surface area contributed by atoms with Gasteiger partial charge in [-0.05, 0) is 18.9 Å². The predicted octanol–water partition coefficient (Wildman–Crippen LogP) is 3.36. The topological polar surface area (TPSA) is 57.6 Å². The lowest BCUT2D eigenvalue weighted by atomic mass is 9.84. The molecular formula is C17H21F2NO3. The van der Waals surface area contributed by atoms with Crippen molar-refractivity contribution >= 4 is 11.9 Å². The van der Waals surface area contributed by atoms with Gasteiger partial charge in [-0.25, -0.2) is 13.6 Å². The second kappa shape index (κ2) is 5.91. The molecule has 4 nitrogen and oxygen atoms in total. The van der Waals surface area contributed by atoms with Crippen LogP contribution in [0, 0.1) is 11.2 Å². The molecule has 1 aliphatic heterocycles. The highest BCUT2D eigenvalue weighted by atomic mass is 19.1. The zero-order valence-corrected chi connectivity index (χ0v) is 13.5. The predicted molar refractivity (Wildman–Crippen MR) is 81.4 cm³/mol. The summed E-state index contributed by atoms with van der Waals surface area (Å²) in [6.45, 7) is 5.39. The highest BCUT2D eigenvalue weighted by Crippen LogP contribution is 2.38. The Morgan fingerprint density at radius 3 is 2.52 bits per heavy atom. The maximum absolute atomic E-state index is 15.4. The van der Waals surface area contributed by atoms with Crippen LogP contribution in [-0.2, 0) is 10.5 Å². The molecule has 1 atom stereocenters. The van der Waals surface area contributed by atoms with Crippen molar-refractivity contribution in [3.05, 3.63) is 35.1 Å². The molecule has 0 bridgehead atoms. The maximum atomic E-state index is 15.4. The smallest absolute Gasteiger partial charge is 0.338 e. The lowest BCUT2D eigenvalue weighted by Crippen LogP contribution is -2.50. The van der Waals surface area contributed by atoms with Crippen molar-refractivity contribution in [1.82, 2.24) is 4.90 Å². The van der Waals surface area contributed by atoms with Crippen LogP contribution < -0.4 is 0 Å². The van der Waals surface area contributed by atoms with Crippen LogP contribution in [0.1, 0.15) is 49.5 Å². The Bertz CT molecular complexity index is 639. The molecular weight excluding hydrogens is 304 g/mol. The number of carbonyl (C=O) groups is 2. The third-order valence-electron chi connectivity index (χ3n) is 4.08. The molecule has 0 unspecified atom stereocenters. The molecule has 126 valence electrons. The monoisotopic (exact) mass is 325 g/mol. The van der Waals surface area contributed by atoms with Crippen LogP contribution in [-0.4, -0.2) is 35.0 Å². The van der Waals surface area contributed by atoms with Crippen molar-refractivity contribution in [2.75, 3.05) is 13.1 Å². The van der Waals surface area contributed by atoms with E-state index in [4.69, 9.17) is 5.11 Å². The van der Waals surface area contributed by atoms with Gasteiger partial charge in [0.2, 0.25) is 5.91 Å². The average Bonchev–Trinajstić information content (AvgIpc) is 2.45. The number of hydrogen-bond acceptors (Lipinski definition) is 2. The number of piperidine rings is 1. The molecule has 0 saturated carbocycles. The van der Waals surface area contributed by atoms with E-state index in [1.54, 1.807) is 20.8 Å². The lowest BCUT2D eigenvalue weighted by Gasteiger charge is -2.40. The first-order chi connectivity index (χ1) is 10.6. The standard InChI is InChI=1S/C17H21F2NO3/c1-16(2,3)15(23)20-9-5-8-17(19,10-20)12-7-4-6-11(13(12)18)14(21)22/h4,6-7H,5,8-10H2,1-3H3,(H,21,22)/t17-/m0/s1. The molecule has 1 heterocycles. The van der Waals surface area contributed by atoms with Gasteiger partial charge < -0.3 is 10.0 Å². The lowest BCUT2D eigenvalue weighted by molar-refractivity contribution is -0.144. The Labute approximate surface area is 134 Å². The molecule has 1 N–H and O–H groups in total. The summed E-state index contributed by atoms with van der Waals surface area (Å²) in [5.41, 5.74) is -3.57. The van der Waals surface area contributed by atoms with Crippen LogP contribution in [0.2, 0.25) is 0 Å². The summed E-state index contributed by atoms with van der Waals surface area (Å²) < 4.78 is 29.8. The number of benzene rings is 1. The number of amides is 1. The van der Waals surface area contributed by atoms with E-state index in [1.807, 2.05) is 0 Å². The fourth-order valence-corrected chi connectivity index (χ4v) is 2.92. The van der Waals surface area contributed by atoms with Crippen LogP contribution >= 0.6 is 0 Å². The molecule has 1 fully saturated rings. The van der Waals surface area contributed by atoms with Gasteiger partial charge in [-0.1, -0.05) is 32.9 Å². The molecule has 0 aromatic heterocycles. The number of aromatic carboxylic acids is 1.